The van der Waals surface area contributed by atoms with Crippen LogP contribution in [0.5, 0.6) is 5.75 Å². The summed E-state index contributed by atoms with van der Waals surface area (Å²) in [5.74, 6) is 1.37. The number of rotatable bonds is 4. The summed E-state index contributed by atoms with van der Waals surface area (Å²) in [7, 11) is 0. The molecule has 0 spiro atoms. The van der Waals surface area contributed by atoms with Crippen molar-refractivity contribution >= 4 is 5.84 Å². The van der Waals surface area contributed by atoms with Gasteiger partial charge in [-0.2, -0.15) is 0 Å². The van der Waals surface area contributed by atoms with Crippen LogP contribution in [0.4, 0.5) is 0 Å². The summed E-state index contributed by atoms with van der Waals surface area (Å²) in [5, 5.41) is 11.5. The first-order chi connectivity index (χ1) is 8.29. The minimum atomic E-state index is 0.0979. The number of benzene rings is 1. The number of ether oxygens (including phenoxy) is 2. The second kappa shape index (κ2) is 5.54. The molecule has 1 fully saturated rings. The van der Waals surface area contributed by atoms with E-state index >= 15 is 0 Å². The Balaban J connectivity index is 1.89. The van der Waals surface area contributed by atoms with E-state index in [1.807, 2.05) is 12.1 Å². The van der Waals surface area contributed by atoms with Crippen LogP contribution in [0.1, 0.15) is 12.0 Å². The molecule has 1 atom stereocenters. The summed E-state index contributed by atoms with van der Waals surface area (Å²) in [4.78, 5) is 0. The lowest BCUT2D eigenvalue weighted by Gasteiger charge is -2.10. The third-order valence-corrected chi connectivity index (χ3v) is 2.77. The summed E-state index contributed by atoms with van der Waals surface area (Å²) < 4.78 is 10.9. The first-order valence-corrected chi connectivity index (χ1v) is 5.58. The standard InChI is InChI=1S/C12H16N2O3/c13-12(14-15)10-1-3-11(4-2-10)17-8-9-5-6-16-7-9/h1-4,9,15H,5-8H2,(H2,13,14). The van der Waals surface area contributed by atoms with Crippen molar-refractivity contribution in [3.8, 4) is 5.75 Å². The molecule has 0 saturated carbocycles. The van der Waals surface area contributed by atoms with Gasteiger partial charge in [-0.3, -0.25) is 0 Å². The molecule has 17 heavy (non-hydrogen) atoms. The molecule has 5 heteroatoms. The number of nitrogens with two attached hydrogens (primary N) is 1. The summed E-state index contributed by atoms with van der Waals surface area (Å²) in [5.41, 5.74) is 6.13. The Morgan fingerprint density at radius 3 is 2.82 bits per heavy atom. The Kier molecular flexibility index (Phi) is 3.82. The third-order valence-electron chi connectivity index (χ3n) is 2.77. The highest BCUT2D eigenvalue weighted by Crippen LogP contribution is 2.17. The van der Waals surface area contributed by atoms with Gasteiger partial charge in [0.15, 0.2) is 5.84 Å². The van der Waals surface area contributed by atoms with Gasteiger partial charge >= 0.3 is 0 Å². The van der Waals surface area contributed by atoms with Crippen molar-refractivity contribution in [3.05, 3.63) is 29.8 Å². The molecule has 1 aliphatic rings. The van der Waals surface area contributed by atoms with Gasteiger partial charge < -0.3 is 20.4 Å². The SMILES string of the molecule is N/C(=N/O)c1ccc(OCC2CCOC2)cc1. The van der Waals surface area contributed by atoms with Crippen LogP contribution in [0.25, 0.3) is 0 Å². The number of oxime groups is 1. The predicted octanol–water partition coefficient (Wildman–Crippen LogP) is 1.20. The number of amidine groups is 1. The fraction of sp³-hybridized carbons (Fsp3) is 0.417. The average Bonchev–Trinajstić information content (AvgIpc) is 2.89. The molecule has 0 radical (unpaired) electrons. The molecule has 1 aromatic rings. The van der Waals surface area contributed by atoms with Gasteiger partial charge in [-0.25, -0.2) is 0 Å². The largest absolute Gasteiger partial charge is 0.493 e. The second-order valence-corrected chi connectivity index (χ2v) is 4.05. The van der Waals surface area contributed by atoms with Gasteiger partial charge in [0.25, 0.3) is 0 Å². The molecule has 92 valence electrons. The van der Waals surface area contributed by atoms with Crippen molar-refractivity contribution in [2.24, 2.45) is 16.8 Å². The van der Waals surface area contributed by atoms with E-state index in [1.54, 1.807) is 12.1 Å². The van der Waals surface area contributed by atoms with Gasteiger partial charge in [0.05, 0.1) is 13.2 Å². The van der Waals surface area contributed by atoms with Gasteiger partial charge in [0.2, 0.25) is 0 Å². The van der Waals surface area contributed by atoms with Crippen LogP contribution < -0.4 is 10.5 Å². The fourth-order valence-corrected chi connectivity index (χ4v) is 1.71. The second-order valence-electron chi connectivity index (χ2n) is 4.05. The van der Waals surface area contributed by atoms with Crippen molar-refractivity contribution in [1.29, 1.82) is 0 Å². The van der Waals surface area contributed by atoms with E-state index in [2.05, 4.69) is 5.16 Å². The highest BCUT2D eigenvalue weighted by molar-refractivity contribution is 5.97. The molecule has 1 unspecified atom stereocenters. The van der Waals surface area contributed by atoms with Crippen molar-refractivity contribution in [2.75, 3.05) is 19.8 Å². The average molecular weight is 236 g/mol. The van der Waals surface area contributed by atoms with Crippen LogP contribution in [0.3, 0.4) is 0 Å². The van der Waals surface area contributed by atoms with Crippen LogP contribution in [-0.2, 0) is 4.74 Å². The van der Waals surface area contributed by atoms with Crippen LogP contribution in [-0.4, -0.2) is 30.9 Å². The maximum Gasteiger partial charge on any atom is 0.170 e. The van der Waals surface area contributed by atoms with Gasteiger partial charge in [0, 0.05) is 18.1 Å². The van der Waals surface area contributed by atoms with E-state index in [0.717, 1.165) is 25.4 Å². The van der Waals surface area contributed by atoms with Crippen LogP contribution in [0, 0.1) is 5.92 Å². The Labute approximate surface area is 99.8 Å². The zero-order valence-electron chi connectivity index (χ0n) is 9.50. The molecule has 0 aliphatic carbocycles. The number of nitrogens with zero attached hydrogens (tertiary/aromatic N) is 1. The van der Waals surface area contributed by atoms with Crippen molar-refractivity contribution in [1.82, 2.24) is 0 Å². The zero-order valence-corrected chi connectivity index (χ0v) is 9.50. The minimum absolute atomic E-state index is 0.0979. The van der Waals surface area contributed by atoms with Crippen LogP contribution in [0.15, 0.2) is 29.4 Å². The molecule has 1 saturated heterocycles. The molecular weight excluding hydrogens is 220 g/mol. The molecule has 5 nitrogen and oxygen atoms in total. The fourth-order valence-electron chi connectivity index (χ4n) is 1.71. The molecular formula is C12H16N2O3. The normalized spacial score (nSPS) is 20.5. The van der Waals surface area contributed by atoms with E-state index in [4.69, 9.17) is 20.4 Å². The lowest BCUT2D eigenvalue weighted by Crippen LogP contribution is -2.13. The van der Waals surface area contributed by atoms with Gasteiger partial charge in [0.1, 0.15) is 5.75 Å². The molecule has 0 amide bonds. The highest BCUT2D eigenvalue weighted by atomic mass is 16.5. The zero-order chi connectivity index (χ0) is 12.1. The maximum absolute atomic E-state index is 8.52. The Morgan fingerprint density at radius 1 is 1.47 bits per heavy atom. The third kappa shape index (κ3) is 3.10. The topological polar surface area (TPSA) is 77.1 Å². The Bertz CT molecular complexity index is 383. The summed E-state index contributed by atoms with van der Waals surface area (Å²) in [6, 6.07) is 7.14. The van der Waals surface area contributed by atoms with Crippen LogP contribution >= 0.6 is 0 Å². The van der Waals surface area contributed by atoms with E-state index in [0.29, 0.717) is 18.1 Å². The Morgan fingerprint density at radius 2 is 2.24 bits per heavy atom. The Hall–Kier alpha value is -1.75. The lowest BCUT2D eigenvalue weighted by atomic mass is 10.1. The highest BCUT2D eigenvalue weighted by Gasteiger charge is 2.16. The molecule has 3 N–H and O–H groups in total. The van der Waals surface area contributed by atoms with Crippen molar-refractivity contribution in [2.45, 2.75) is 6.42 Å². The van der Waals surface area contributed by atoms with Gasteiger partial charge in [-0.1, -0.05) is 5.16 Å². The first kappa shape index (κ1) is 11.7. The minimum Gasteiger partial charge on any atom is -0.493 e. The molecule has 1 aliphatic heterocycles. The van der Waals surface area contributed by atoms with Gasteiger partial charge in [-0.05, 0) is 30.7 Å². The molecule has 2 rings (SSSR count). The van der Waals surface area contributed by atoms with Crippen molar-refractivity contribution in [3.63, 3.8) is 0 Å². The molecule has 0 bridgehead atoms. The molecule has 1 aromatic carbocycles. The van der Waals surface area contributed by atoms with Crippen LogP contribution in [0.2, 0.25) is 0 Å². The lowest BCUT2D eigenvalue weighted by molar-refractivity contribution is 0.167. The molecule has 0 aromatic heterocycles. The van der Waals surface area contributed by atoms with E-state index in [-0.39, 0.29) is 5.84 Å². The molecule has 1 heterocycles. The summed E-state index contributed by atoms with van der Waals surface area (Å²) >= 11 is 0. The maximum atomic E-state index is 8.52. The summed E-state index contributed by atoms with van der Waals surface area (Å²) in [6.07, 6.45) is 1.06. The van der Waals surface area contributed by atoms with E-state index in [1.165, 1.54) is 0 Å². The quantitative estimate of drug-likeness (QED) is 0.356. The van der Waals surface area contributed by atoms with Crippen molar-refractivity contribution < 1.29 is 14.7 Å². The number of hydrogen-bond acceptors (Lipinski definition) is 4. The monoisotopic (exact) mass is 236 g/mol. The smallest absolute Gasteiger partial charge is 0.170 e. The van der Waals surface area contributed by atoms with Gasteiger partial charge in [-0.15, -0.1) is 0 Å². The predicted molar refractivity (Wildman–Crippen MR) is 63.4 cm³/mol. The first-order valence-electron chi connectivity index (χ1n) is 5.58. The van der Waals surface area contributed by atoms with E-state index in [9.17, 15) is 0 Å². The number of hydrogen-bond donors (Lipinski definition) is 2. The summed E-state index contributed by atoms with van der Waals surface area (Å²) in [6.45, 7) is 2.28. The van der Waals surface area contributed by atoms with E-state index < -0.39 is 0 Å².